The molecule has 0 unspecified atom stereocenters. The summed E-state index contributed by atoms with van der Waals surface area (Å²) >= 11 is 0. The van der Waals surface area contributed by atoms with E-state index < -0.39 is 0 Å². The molecule has 1 aliphatic carbocycles. The highest BCUT2D eigenvalue weighted by Gasteiger charge is 2.25. The van der Waals surface area contributed by atoms with Gasteiger partial charge in [-0.2, -0.15) is 5.26 Å². The quantitative estimate of drug-likeness (QED) is 0.223. The van der Waals surface area contributed by atoms with E-state index in [2.05, 4.69) is 112 Å². The van der Waals surface area contributed by atoms with E-state index in [9.17, 15) is 5.26 Å². The van der Waals surface area contributed by atoms with Crippen molar-refractivity contribution in [2.24, 2.45) is 0 Å². The molecule has 0 spiro atoms. The Balaban J connectivity index is 1.52. The predicted octanol–water partition coefficient (Wildman–Crippen LogP) is 9.23. The fraction of sp³-hybridized carbons (Fsp3) is 0.0789. The van der Waals surface area contributed by atoms with Gasteiger partial charge in [0.25, 0.3) is 0 Å². The number of nitrogens with zero attached hydrogens (tertiary/aromatic N) is 3. The lowest BCUT2D eigenvalue weighted by molar-refractivity contribution is 0.413. The Bertz CT molecular complexity index is 2200. The van der Waals surface area contributed by atoms with E-state index in [0.717, 1.165) is 63.3 Å². The van der Waals surface area contributed by atoms with Gasteiger partial charge < -0.3 is 13.9 Å². The van der Waals surface area contributed by atoms with Crippen LogP contribution in [-0.4, -0.2) is 16.2 Å². The molecule has 2 heterocycles. The third kappa shape index (κ3) is 3.41. The molecular weight excluding hydrogens is 514 g/mol. The first-order valence-corrected chi connectivity index (χ1v) is 14.3. The van der Waals surface area contributed by atoms with Gasteiger partial charge in [0.05, 0.1) is 40.6 Å². The molecule has 42 heavy (non-hydrogen) atoms. The van der Waals surface area contributed by atoms with Crippen LogP contribution in [0.25, 0.3) is 61.3 Å². The topological polar surface area (TPSA) is 42.9 Å². The van der Waals surface area contributed by atoms with Crippen LogP contribution < -0.4 is 4.74 Å². The maximum Gasteiger partial charge on any atom is 0.143 e. The number of fused-ring (bicyclic) bond motifs is 6. The Hall–Kier alpha value is -5.53. The van der Waals surface area contributed by atoms with Gasteiger partial charge in [0.15, 0.2) is 0 Å². The summed E-state index contributed by atoms with van der Waals surface area (Å²) in [5, 5.41) is 14.1. The summed E-state index contributed by atoms with van der Waals surface area (Å²) in [6, 6.07) is 40.4. The van der Waals surface area contributed by atoms with Crippen molar-refractivity contribution in [1.82, 2.24) is 9.13 Å². The Morgan fingerprint density at radius 1 is 0.643 bits per heavy atom. The first-order valence-electron chi connectivity index (χ1n) is 14.3. The standard InChI is InChI=1S/C38H27N3O/c1-42-36-23-11-18-31(38(36)41-34-21-8-4-15-28(34)29-16-5-9-22-35(29)41)30-17-10-12-25(24-39)37(30)40-32-19-6-2-13-26(32)27-14-3-7-20-33(27)40/h2,4-13,15-23H,3,14H2,1H3. The maximum absolute atomic E-state index is 10.5. The minimum absolute atomic E-state index is 0.631. The van der Waals surface area contributed by atoms with Crippen molar-refractivity contribution >= 4 is 38.8 Å². The van der Waals surface area contributed by atoms with Gasteiger partial charge in [0.2, 0.25) is 0 Å². The van der Waals surface area contributed by atoms with Crippen LogP contribution in [0.3, 0.4) is 0 Å². The van der Waals surface area contributed by atoms with Crippen LogP contribution in [0.5, 0.6) is 5.75 Å². The van der Waals surface area contributed by atoms with Gasteiger partial charge in [-0.1, -0.05) is 84.9 Å². The molecule has 0 atom stereocenters. The lowest BCUT2D eigenvalue weighted by Crippen LogP contribution is -2.07. The van der Waals surface area contributed by atoms with E-state index in [4.69, 9.17) is 4.74 Å². The average Bonchev–Trinajstić information content (AvgIpc) is 3.57. The number of rotatable bonds is 4. The largest absolute Gasteiger partial charge is 0.495 e. The molecule has 0 N–H and O–H groups in total. The average molecular weight is 542 g/mol. The van der Waals surface area contributed by atoms with Crippen molar-refractivity contribution in [3.63, 3.8) is 0 Å². The highest BCUT2D eigenvalue weighted by molar-refractivity contribution is 6.10. The summed E-state index contributed by atoms with van der Waals surface area (Å²) in [6.45, 7) is 0. The first kappa shape index (κ1) is 24.3. The number of allylic oxidation sites excluding steroid dienone is 1. The minimum Gasteiger partial charge on any atom is -0.495 e. The van der Waals surface area contributed by atoms with Gasteiger partial charge in [0, 0.05) is 33.0 Å². The number of hydrogen-bond acceptors (Lipinski definition) is 2. The van der Waals surface area contributed by atoms with Crippen LogP contribution >= 0.6 is 0 Å². The molecular formula is C38H27N3O. The molecule has 0 aliphatic heterocycles. The number of benzene rings is 5. The molecule has 4 nitrogen and oxygen atoms in total. The monoisotopic (exact) mass is 541 g/mol. The van der Waals surface area contributed by atoms with Gasteiger partial charge in [-0.05, 0) is 54.8 Å². The Morgan fingerprint density at radius 3 is 1.90 bits per heavy atom. The number of hydrogen-bond donors (Lipinski definition) is 0. The van der Waals surface area contributed by atoms with E-state index in [1.165, 1.54) is 21.7 Å². The number of aromatic nitrogens is 2. The van der Waals surface area contributed by atoms with Crippen LogP contribution in [0.2, 0.25) is 0 Å². The second-order valence-electron chi connectivity index (χ2n) is 10.7. The second kappa shape index (κ2) is 9.54. The molecule has 1 aliphatic rings. The molecule has 7 aromatic rings. The molecule has 0 amide bonds. The van der Waals surface area contributed by atoms with Gasteiger partial charge >= 0.3 is 0 Å². The third-order valence-corrected chi connectivity index (χ3v) is 8.55. The fourth-order valence-electron chi connectivity index (χ4n) is 6.82. The zero-order chi connectivity index (χ0) is 28.2. The molecule has 200 valence electrons. The normalized spacial score (nSPS) is 12.6. The van der Waals surface area contributed by atoms with Crippen LogP contribution in [0.4, 0.5) is 0 Å². The smallest absolute Gasteiger partial charge is 0.143 e. The van der Waals surface area contributed by atoms with Crippen molar-refractivity contribution in [1.29, 1.82) is 5.26 Å². The highest BCUT2D eigenvalue weighted by Crippen LogP contribution is 2.44. The zero-order valence-corrected chi connectivity index (χ0v) is 23.2. The van der Waals surface area contributed by atoms with Gasteiger partial charge in [-0.3, -0.25) is 0 Å². The molecule has 0 bridgehead atoms. The fourth-order valence-corrected chi connectivity index (χ4v) is 6.82. The summed E-state index contributed by atoms with van der Waals surface area (Å²) < 4.78 is 10.7. The number of ether oxygens (including phenoxy) is 1. The van der Waals surface area contributed by atoms with Crippen LogP contribution in [-0.2, 0) is 6.42 Å². The Labute approximate surface area is 243 Å². The lowest BCUT2D eigenvalue weighted by Gasteiger charge is -2.22. The SMILES string of the molecule is COc1cccc(-c2cccc(C#N)c2-n2c3c(c4ccccc42)CCC=C3)c1-n1c2ccccc2c2ccccc21. The van der Waals surface area contributed by atoms with Gasteiger partial charge in [-0.15, -0.1) is 0 Å². The summed E-state index contributed by atoms with van der Waals surface area (Å²) in [5.74, 6) is 0.770. The molecule has 0 fully saturated rings. The molecule has 2 aromatic heterocycles. The highest BCUT2D eigenvalue weighted by atomic mass is 16.5. The number of nitriles is 1. The van der Waals surface area contributed by atoms with Crippen LogP contribution in [0.1, 0.15) is 23.2 Å². The van der Waals surface area contributed by atoms with Crippen molar-refractivity contribution in [3.8, 4) is 34.3 Å². The van der Waals surface area contributed by atoms with Crippen molar-refractivity contribution in [2.75, 3.05) is 7.11 Å². The van der Waals surface area contributed by atoms with Gasteiger partial charge in [0.1, 0.15) is 11.8 Å². The first-order chi connectivity index (χ1) is 20.8. The minimum atomic E-state index is 0.631. The number of aryl methyl sites for hydroxylation is 1. The molecule has 0 radical (unpaired) electrons. The molecule has 0 saturated heterocycles. The predicted molar refractivity (Wildman–Crippen MR) is 172 cm³/mol. The maximum atomic E-state index is 10.5. The van der Waals surface area contributed by atoms with Crippen molar-refractivity contribution < 1.29 is 4.74 Å². The van der Waals surface area contributed by atoms with Crippen molar-refractivity contribution in [2.45, 2.75) is 12.8 Å². The zero-order valence-electron chi connectivity index (χ0n) is 23.2. The summed E-state index contributed by atoms with van der Waals surface area (Å²) in [4.78, 5) is 0. The molecule has 4 heteroatoms. The number of methoxy groups -OCH3 is 1. The summed E-state index contributed by atoms with van der Waals surface area (Å²) in [7, 11) is 1.73. The second-order valence-corrected chi connectivity index (χ2v) is 10.7. The van der Waals surface area contributed by atoms with Crippen LogP contribution in [0.15, 0.2) is 115 Å². The van der Waals surface area contributed by atoms with E-state index in [1.807, 2.05) is 24.3 Å². The van der Waals surface area contributed by atoms with Crippen molar-refractivity contribution in [3.05, 3.63) is 132 Å². The molecule has 5 aromatic carbocycles. The summed E-state index contributed by atoms with van der Waals surface area (Å²) in [5.41, 5.74) is 10.3. The third-order valence-electron chi connectivity index (χ3n) is 8.55. The Kier molecular flexibility index (Phi) is 5.51. The number of para-hydroxylation sites is 5. The molecule has 0 saturated carbocycles. The van der Waals surface area contributed by atoms with E-state index in [-0.39, 0.29) is 0 Å². The summed E-state index contributed by atoms with van der Waals surface area (Å²) in [6.07, 6.45) is 6.45. The van der Waals surface area contributed by atoms with Crippen LogP contribution in [0, 0.1) is 11.3 Å². The Morgan fingerprint density at radius 2 is 1.24 bits per heavy atom. The van der Waals surface area contributed by atoms with E-state index >= 15 is 0 Å². The molecule has 8 rings (SSSR count). The van der Waals surface area contributed by atoms with Gasteiger partial charge in [-0.25, -0.2) is 0 Å². The lowest BCUT2D eigenvalue weighted by atomic mass is 9.97. The van der Waals surface area contributed by atoms with E-state index in [1.54, 1.807) is 7.11 Å². The van der Waals surface area contributed by atoms with E-state index in [0.29, 0.717) is 5.56 Å².